The molecule has 0 aromatic carbocycles. The second-order valence-electron chi connectivity index (χ2n) is 15.2. The number of rotatable bonds is 42. The number of carbonyl (C=O) groups is 4. The summed E-state index contributed by atoms with van der Waals surface area (Å²) in [6.45, 7) is 2.54. The molecule has 59 heavy (non-hydrogen) atoms. The second kappa shape index (κ2) is 40.5. The van der Waals surface area contributed by atoms with Crippen LogP contribution < -0.4 is 5.73 Å². The third-order valence-electron chi connectivity index (χ3n) is 9.56. The first kappa shape index (κ1) is 56.1. The Morgan fingerprint density at radius 1 is 0.576 bits per heavy atom. The molecular formula is C46H80NO11P. The van der Waals surface area contributed by atoms with Gasteiger partial charge in [0, 0.05) is 19.3 Å². The van der Waals surface area contributed by atoms with E-state index in [0.29, 0.717) is 6.42 Å². The molecule has 3 atom stereocenters. The highest BCUT2D eigenvalue weighted by atomic mass is 31.2. The third kappa shape index (κ3) is 40.3. The van der Waals surface area contributed by atoms with Crippen LogP contribution in [-0.2, 0) is 42.3 Å². The summed E-state index contributed by atoms with van der Waals surface area (Å²) >= 11 is 0. The standard InChI is InChI=1S/C46H80NO11P/c1-3-5-7-9-11-13-15-17-18-19-20-22-24-26-28-30-32-36-45(50)58-42(39-56-59(53,54)57-40-43(47)46(51)52)38-55-44(49)37-33-35-41(48)34-31-29-27-25-23-21-16-14-12-10-8-6-4-2/h12,14,21,23,27,29,31,34,42-43H,3-11,13,15-20,22,24-26,28,30,32-33,35-40,47H2,1-2H3,(H,51,52)(H,53,54)/b14-12-,23-21-,29-27-,34-31+/t42-,43+/m1/s1. The van der Waals surface area contributed by atoms with E-state index in [1.807, 2.05) is 6.08 Å². The van der Waals surface area contributed by atoms with Gasteiger partial charge in [0.05, 0.1) is 13.2 Å². The maximum Gasteiger partial charge on any atom is 0.472 e. The molecule has 0 amide bonds. The van der Waals surface area contributed by atoms with Gasteiger partial charge in [0.2, 0.25) is 0 Å². The normalized spacial score (nSPS) is 14.0. The minimum absolute atomic E-state index is 0.0667. The summed E-state index contributed by atoms with van der Waals surface area (Å²) in [7, 11) is -4.77. The van der Waals surface area contributed by atoms with Gasteiger partial charge >= 0.3 is 25.7 Å². The topological polar surface area (TPSA) is 189 Å². The summed E-state index contributed by atoms with van der Waals surface area (Å²) in [5.41, 5.74) is 5.32. The third-order valence-corrected chi connectivity index (χ3v) is 10.5. The summed E-state index contributed by atoms with van der Waals surface area (Å²) in [4.78, 5) is 58.2. The molecule has 340 valence electrons. The smallest absolute Gasteiger partial charge is 0.472 e. The van der Waals surface area contributed by atoms with E-state index in [0.717, 1.165) is 38.5 Å². The summed E-state index contributed by atoms with van der Waals surface area (Å²) in [6, 6.07) is -1.55. The van der Waals surface area contributed by atoms with Crippen molar-refractivity contribution in [2.75, 3.05) is 19.8 Å². The number of ether oxygens (including phenoxy) is 2. The van der Waals surface area contributed by atoms with Gasteiger partial charge in [-0.1, -0.05) is 172 Å². The van der Waals surface area contributed by atoms with Gasteiger partial charge < -0.3 is 25.2 Å². The SMILES string of the molecule is CCCCC/C=C\C/C=C\C/C=C\C=C\C(=O)CCCC(=O)OC[C@H](COP(=O)(O)OC[C@H](N)C(=O)O)OC(=O)CCCCCCCCCCCCCCCCCCC. The van der Waals surface area contributed by atoms with Crippen LogP contribution in [0.4, 0.5) is 0 Å². The first-order valence-electron chi connectivity index (χ1n) is 22.6. The van der Waals surface area contributed by atoms with E-state index in [-0.39, 0.29) is 31.5 Å². The summed E-state index contributed by atoms with van der Waals surface area (Å²) in [5, 5.41) is 8.89. The van der Waals surface area contributed by atoms with Gasteiger partial charge in [-0.2, -0.15) is 0 Å². The fraction of sp³-hybridized carbons (Fsp3) is 0.739. The van der Waals surface area contributed by atoms with Gasteiger partial charge in [-0.15, -0.1) is 0 Å². The molecule has 0 aliphatic rings. The molecule has 0 aromatic heterocycles. The van der Waals surface area contributed by atoms with Gasteiger partial charge in [-0.25, -0.2) is 4.57 Å². The molecule has 0 rings (SSSR count). The van der Waals surface area contributed by atoms with Crippen molar-refractivity contribution in [1.29, 1.82) is 0 Å². The molecule has 12 nitrogen and oxygen atoms in total. The van der Waals surface area contributed by atoms with Crippen LogP contribution in [0.1, 0.15) is 187 Å². The van der Waals surface area contributed by atoms with Crippen molar-refractivity contribution in [3.63, 3.8) is 0 Å². The number of ketones is 1. The number of hydrogen-bond donors (Lipinski definition) is 3. The molecule has 0 heterocycles. The van der Waals surface area contributed by atoms with E-state index in [4.69, 9.17) is 24.8 Å². The zero-order valence-electron chi connectivity index (χ0n) is 36.6. The van der Waals surface area contributed by atoms with Crippen molar-refractivity contribution in [1.82, 2.24) is 0 Å². The first-order chi connectivity index (χ1) is 28.5. The predicted octanol–water partition coefficient (Wildman–Crippen LogP) is 11.4. The predicted molar refractivity (Wildman–Crippen MR) is 236 cm³/mol. The van der Waals surface area contributed by atoms with Gasteiger partial charge in [-0.3, -0.25) is 28.2 Å². The number of allylic oxidation sites excluding steroid dienone is 8. The Morgan fingerprint density at radius 3 is 1.64 bits per heavy atom. The Balaban J connectivity index is 4.51. The van der Waals surface area contributed by atoms with Gasteiger partial charge in [0.25, 0.3) is 0 Å². The molecule has 0 bridgehead atoms. The van der Waals surface area contributed by atoms with Gasteiger partial charge in [0.1, 0.15) is 12.6 Å². The molecule has 1 unspecified atom stereocenters. The van der Waals surface area contributed by atoms with E-state index in [1.165, 1.54) is 109 Å². The monoisotopic (exact) mass is 854 g/mol. The average molecular weight is 854 g/mol. The van der Waals surface area contributed by atoms with E-state index >= 15 is 0 Å². The van der Waals surface area contributed by atoms with Crippen molar-refractivity contribution < 1.29 is 52.3 Å². The van der Waals surface area contributed by atoms with Crippen LogP contribution in [0.2, 0.25) is 0 Å². The maximum absolute atomic E-state index is 12.6. The molecule has 0 radical (unpaired) electrons. The van der Waals surface area contributed by atoms with Crippen LogP contribution in [0.5, 0.6) is 0 Å². The number of aliphatic carboxylic acids is 1. The number of hydrogen-bond acceptors (Lipinski definition) is 10. The molecule has 0 aliphatic carbocycles. The van der Waals surface area contributed by atoms with Crippen LogP contribution in [0.3, 0.4) is 0 Å². The van der Waals surface area contributed by atoms with Crippen LogP contribution in [-0.4, -0.2) is 65.7 Å². The Hall–Kier alpha value is -2.89. The Labute approximate surface area is 356 Å². The highest BCUT2D eigenvalue weighted by Gasteiger charge is 2.28. The Bertz CT molecular complexity index is 1250. The van der Waals surface area contributed by atoms with Crippen molar-refractivity contribution in [2.45, 2.75) is 199 Å². The molecule has 0 spiro atoms. The number of carboxylic acid groups (broad SMARTS) is 1. The van der Waals surface area contributed by atoms with Crippen LogP contribution in [0.25, 0.3) is 0 Å². The lowest BCUT2D eigenvalue weighted by Crippen LogP contribution is -2.34. The van der Waals surface area contributed by atoms with Crippen molar-refractivity contribution >= 4 is 31.5 Å². The van der Waals surface area contributed by atoms with E-state index in [1.54, 1.807) is 12.2 Å². The van der Waals surface area contributed by atoms with Gasteiger partial charge in [-0.05, 0) is 44.6 Å². The molecule has 0 saturated carbocycles. The number of unbranched alkanes of at least 4 members (excludes halogenated alkanes) is 19. The highest BCUT2D eigenvalue weighted by Crippen LogP contribution is 2.43. The molecule has 0 aliphatic heterocycles. The van der Waals surface area contributed by atoms with Gasteiger partial charge in [0.15, 0.2) is 11.9 Å². The number of carbonyl (C=O) groups excluding carboxylic acids is 3. The summed E-state index contributed by atoms with van der Waals surface area (Å²) in [6.07, 6.45) is 41.8. The van der Waals surface area contributed by atoms with Crippen LogP contribution in [0, 0.1) is 0 Å². The van der Waals surface area contributed by atoms with Crippen LogP contribution in [0.15, 0.2) is 48.6 Å². The first-order valence-corrected chi connectivity index (χ1v) is 24.1. The lowest BCUT2D eigenvalue weighted by molar-refractivity contribution is -0.161. The highest BCUT2D eigenvalue weighted by molar-refractivity contribution is 7.47. The number of phosphoric acid groups is 1. The number of nitrogens with two attached hydrogens (primary N) is 1. The van der Waals surface area contributed by atoms with Crippen molar-refractivity contribution in [2.24, 2.45) is 5.73 Å². The lowest BCUT2D eigenvalue weighted by atomic mass is 10.0. The van der Waals surface area contributed by atoms with Crippen molar-refractivity contribution in [3.8, 4) is 0 Å². The molecule has 0 fully saturated rings. The minimum atomic E-state index is -4.77. The number of carboxylic acids is 1. The zero-order chi connectivity index (χ0) is 43.7. The summed E-state index contributed by atoms with van der Waals surface area (Å²) in [5.74, 6) is -2.80. The molecule has 0 saturated heterocycles. The Morgan fingerprint density at radius 2 is 1.07 bits per heavy atom. The second-order valence-corrected chi connectivity index (χ2v) is 16.7. The summed E-state index contributed by atoms with van der Waals surface area (Å²) < 4.78 is 32.5. The Kier molecular flexibility index (Phi) is 38.5. The fourth-order valence-corrected chi connectivity index (χ4v) is 6.74. The molecule has 13 heteroatoms. The molecule has 0 aromatic rings. The van der Waals surface area contributed by atoms with Crippen LogP contribution >= 0.6 is 7.82 Å². The minimum Gasteiger partial charge on any atom is -0.480 e. The number of esters is 2. The van der Waals surface area contributed by atoms with E-state index in [9.17, 15) is 28.6 Å². The molecular weight excluding hydrogens is 773 g/mol. The van der Waals surface area contributed by atoms with E-state index in [2.05, 4.69) is 42.7 Å². The fourth-order valence-electron chi connectivity index (χ4n) is 5.96. The maximum atomic E-state index is 12.6. The molecule has 4 N–H and O–H groups in total. The lowest BCUT2D eigenvalue weighted by Gasteiger charge is -2.20. The quantitative estimate of drug-likeness (QED) is 0.0132. The van der Waals surface area contributed by atoms with Crippen molar-refractivity contribution in [3.05, 3.63) is 48.6 Å². The zero-order valence-corrected chi connectivity index (χ0v) is 37.5. The van der Waals surface area contributed by atoms with E-state index < -0.39 is 57.7 Å². The largest absolute Gasteiger partial charge is 0.480 e. The average Bonchev–Trinajstić information content (AvgIpc) is 3.20. The number of phosphoric ester groups is 1.